The van der Waals surface area contributed by atoms with E-state index in [-0.39, 0.29) is 0 Å². The van der Waals surface area contributed by atoms with Gasteiger partial charge in [0.25, 0.3) is 0 Å². The Labute approximate surface area is 63.6 Å². The lowest BCUT2D eigenvalue weighted by molar-refractivity contribution is 0.780. The first-order valence-corrected chi connectivity index (χ1v) is 4.19. The number of allylic oxidation sites excluding steroid dienone is 4. The molecule has 1 aliphatic rings. The van der Waals surface area contributed by atoms with Gasteiger partial charge in [-0.05, 0) is 32.6 Å². The van der Waals surface area contributed by atoms with E-state index in [0.717, 1.165) is 0 Å². The van der Waals surface area contributed by atoms with Gasteiger partial charge in [-0.25, -0.2) is 0 Å². The summed E-state index contributed by atoms with van der Waals surface area (Å²) in [6.07, 6.45) is 9.81. The molecule has 0 aromatic rings. The first-order valence-electron chi connectivity index (χ1n) is 4.19. The molecule has 0 fully saturated rings. The van der Waals surface area contributed by atoms with Crippen LogP contribution in [-0.2, 0) is 0 Å². The fraction of sp³-hybridized carbons (Fsp3) is 0.600. The summed E-state index contributed by atoms with van der Waals surface area (Å²) in [6.45, 7) is 4.42. The maximum atomic E-state index is 2.34. The Kier molecular flexibility index (Phi) is 2.73. The largest absolute Gasteiger partial charge is 0.0816 e. The average Bonchev–Trinajstić information content (AvgIpc) is 1.88. The van der Waals surface area contributed by atoms with Gasteiger partial charge in [0.05, 0.1) is 0 Å². The normalized spacial score (nSPS) is 23.0. The number of hydrogen-bond acceptors (Lipinski definition) is 0. The lowest BCUT2D eigenvalue weighted by atomic mass is 9.96. The molecular formula is C10H16. The molecule has 1 rings (SSSR count). The van der Waals surface area contributed by atoms with E-state index in [4.69, 9.17) is 0 Å². The van der Waals surface area contributed by atoms with E-state index in [0.29, 0.717) is 0 Å². The van der Waals surface area contributed by atoms with E-state index in [1.165, 1.54) is 25.7 Å². The predicted molar refractivity (Wildman–Crippen MR) is 46.0 cm³/mol. The first kappa shape index (κ1) is 7.59. The van der Waals surface area contributed by atoms with Gasteiger partial charge in [-0.15, -0.1) is 0 Å². The van der Waals surface area contributed by atoms with Gasteiger partial charge in [0.2, 0.25) is 0 Å². The van der Waals surface area contributed by atoms with Crippen molar-refractivity contribution >= 4 is 0 Å². The Morgan fingerprint density at radius 1 is 1.50 bits per heavy atom. The van der Waals surface area contributed by atoms with E-state index >= 15 is 0 Å². The van der Waals surface area contributed by atoms with Crippen molar-refractivity contribution in [3.8, 4) is 0 Å². The highest BCUT2D eigenvalue weighted by Gasteiger charge is 2.01. The third-order valence-corrected chi connectivity index (χ3v) is 1.93. The second-order valence-electron chi connectivity index (χ2n) is 3.03. The molecule has 0 spiro atoms. The highest BCUT2D eigenvalue weighted by Crippen LogP contribution is 2.21. The van der Waals surface area contributed by atoms with Crippen LogP contribution in [0, 0.1) is 0 Å². The van der Waals surface area contributed by atoms with Crippen molar-refractivity contribution in [3.05, 3.63) is 23.3 Å². The Morgan fingerprint density at radius 3 is 2.90 bits per heavy atom. The van der Waals surface area contributed by atoms with Crippen molar-refractivity contribution < 1.29 is 0 Å². The minimum atomic E-state index is 1.18. The van der Waals surface area contributed by atoms with Gasteiger partial charge in [-0.1, -0.05) is 30.2 Å². The molecule has 1 aliphatic carbocycles. The van der Waals surface area contributed by atoms with Crippen molar-refractivity contribution in [2.24, 2.45) is 0 Å². The third-order valence-electron chi connectivity index (χ3n) is 1.93. The maximum absolute atomic E-state index is 2.34. The van der Waals surface area contributed by atoms with Crippen molar-refractivity contribution in [2.45, 2.75) is 39.5 Å². The molecule has 10 heavy (non-hydrogen) atoms. The Hall–Kier alpha value is -0.520. The zero-order valence-electron chi connectivity index (χ0n) is 6.98. The van der Waals surface area contributed by atoms with E-state index in [1.807, 2.05) is 0 Å². The summed E-state index contributed by atoms with van der Waals surface area (Å²) in [5, 5.41) is 0. The van der Waals surface area contributed by atoms with Crippen LogP contribution in [0.15, 0.2) is 23.3 Å². The molecule has 0 saturated carbocycles. The fourth-order valence-corrected chi connectivity index (χ4v) is 1.46. The summed E-state index contributed by atoms with van der Waals surface area (Å²) >= 11 is 0. The van der Waals surface area contributed by atoms with Gasteiger partial charge in [-0.2, -0.15) is 0 Å². The van der Waals surface area contributed by atoms with Crippen LogP contribution in [0.2, 0.25) is 0 Å². The molecule has 0 saturated heterocycles. The molecule has 56 valence electrons. The molecule has 0 aromatic heterocycles. The van der Waals surface area contributed by atoms with Crippen LogP contribution in [-0.4, -0.2) is 0 Å². The smallest absolute Gasteiger partial charge is 0.0279 e. The predicted octanol–water partition coefficient (Wildman–Crippen LogP) is 3.45. The van der Waals surface area contributed by atoms with Gasteiger partial charge in [0.15, 0.2) is 0 Å². The molecule has 0 N–H and O–H groups in total. The molecular weight excluding hydrogens is 120 g/mol. The monoisotopic (exact) mass is 136 g/mol. The molecule has 0 aromatic carbocycles. The molecule has 0 unspecified atom stereocenters. The molecule has 0 heteroatoms. The van der Waals surface area contributed by atoms with Crippen molar-refractivity contribution in [1.29, 1.82) is 0 Å². The molecule has 0 radical (unpaired) electrons. The average molecular weight is 136 g/mol. The summed E-state index contributed by atoms with van der Waals surface area (Å²) in [4.78, 5) is 0. The van der Waals surface area contributed by atoms with Gasteiger partial charge in [-0.3, -0.25) is 0 Å². The second kappa shape index (κ2) is 3.60. The van der Waals surface area contributed by atoms with Crippen molar-refractivity contribution in [1.82, 2.24) is 0 Å². The number of rotatable bonds is 1. The Balaban J connectivity index is 2.62. The molecule has 0 nitrogen and oxygen atoms in total. The number of hydrogen-bond donors (Lipinski definition) is 0. The van der Waals surface area contributed by atoms with Crippen LogP contribution in [0.1, 0.15) is 39.5 Å². The quantitative estimate of drug-likeness (QED) is 0.518. The second-order valence-corrected chi connectivity index (χ2v) is 3.03. The van der Waals surface area contributed by atoms with Gasteiger partial charge >= 0.3 is 0 Å². The van der Waals surface area contributed by atoms with Gasteiger partial charge in [0.1, 0.15) is 0 Å². The van der Waals surface area contributed by atoms with E-state index < -0.39 is 0 Å². The SMILES string of the molecule is CCC=C1C=C(C)CCC1. The molecule has 0 heterocycles. The van der Waals surface area contributed by atoms with Crippen molar-refractivity contribution in [2.75, 3.05) is 0 Å². The van der Waals surface area contributed by atoms with Crippen LogP contribution in [0.5, 0.6) is 0 Å². The third kappa shape index (κ3) is 2.02. The fourth-order valence-electron chi connectivity index (χ4n) is 1.46. The van der Waals surface area contributed by atoms with E-state index in [9.17, 15) is 0 Å². The van der Waals surface area contributed by atoms with Gasteiger partial charge < -0.3 is 0 Å². The highest BCUT2D eigenvalue weighted by atomic mass is 14.1. The Morgan fingerprint density at radius 2 is 2.30 bits per heavy atom. The topological polar surface area (TPSA) is 0 Å². The molecule has 0 amide bonds. The minimum Gasteiger partial charge on any atom is -0.0816 e. The van der Waals surface area contributed by atoms with Crippen LogP contribution in [0.3, 0.4) is 0 Å². The van der Waals surface area contributed by atoms with Crippen LogP contribution >= 0.6 is 0 Å². The first-order chi connectivity index (χ1) is 4.83. The molecule has 0 atom stereocenters. The highest BCUT2D eigenvalue weighted by molar-refractivity contribution is 5.25. The minimum absolute atomic E-state index is 1.18. The van der Waals surface area contributed by atoms with E-state index in [1.54, 1.807) is 11.1 Å². The van der Waals surface area contributed by atoms with Gasteiger partial charge in [0, 0.05) is 0 Å². The summed E-state index contributed by atoms with van der Waals surface area (Å²) in [6, 6.07) is 0. The molecule has 0 bridgehead atoms. The van der Waals surface area contributed by atoms with Crippen LogP contribution in [0.4, 0.5) is 0 Å². The van der Waals surface area contributed by atoms with Crippen LogP contribution in [0.25, 0.3) is 0 Å². The maximum Gasteiger partial charge on any atom is -0.0279 e. The summed E-state index contributed by atoms with van der Waals surface area (Å²) < 4.78 is 0. The van der Waals surface area contributed by atoms with E-state index in [2.05, 4.69) is 26.0 Å². The lowest BCUT2D eigenvalue weighted by Crippen LogP contribution is -1.90. The zero-order valence-corrected chi connectivity index (χ0v) is 6.98. The van der Waals surface area contributed by atoms with Crippen LogP contribution < -0.4 is 0 Å². The van der Waals surface area contributed by atoms with Crippen molar-refractivity contribution in [3.63, 3.8) is 0 Å². The zero-order chi connectivity index (χ0) is 7.40. The summed E-state index contributed by atoms with van der Waals surface area (Å²) in [5.41, 5.74) is 3.09. The lowest BCUT2D eigenvalue weighted by Gasteiger charge is -2.10. The summed E-state index contributed by atoms with van der Waals surface area (Å²) in [7, 11) is 0. The Bertz CT molecular complexity index is 161. The standard InChI is InChI=1S/C10H16/c1-3-5-10-7-4-6-9(2)8-10/h5,8H,3-4,6-7H2,1-2H3. The molecule has 0 aliphatic heterocycles. The summed E-state index contributed by atoms with van der Waals surface area (Å²) in [5.74, 6) is 0.